The number of nitrogens with one attached hydrogen (secondary N) is 3. The highest BCUT2D eigenvalue weighted by atomic mass is 16.5. The molecule has 3 N–H and O–H groups in total. The third-order valence-electron chi connectivity index (χ3n) is 4.79. The number of aromatic nitrogens is 3. The van der Waals surface area contributed by atoms with Crippen molar-refractivity contribution in [2.24, 2.45) is 4.99 Å². The molecule has 0 radical (unpaired) electrons. The van der Waals surface area contributed by atoms with Crippen molar-refractivity contribution in [3.05, 3.63) is 47.5 Å². The molecule has 1 aromatic heterocycles. The molecule has 9 nitrogen and oxygen atoms in total. The lowest BCUT2D eigenvalue weighted by Gasteiger charge is -2.25. The maximum absolute atomic E-state index is 12.1. The van der Waals surface area contributed by atoms with Gasteiger partial charge in [-0.05, 0) is 31.9 Å². The summed E-state index contributed by atoms with van der Waals surface area (Å²) in [6.45, 7) is 5.24. The van der Waals surface area contributed by atoms with E-state index in [-0.39, 0.29) is 11.9 Å². The van der Waals surface area contributed by atoms with Crippen molar-refractivity contribution in [2.75, 3.05) is 26.7 Å². The molecule has 1 unspecified atom stereocenters. The highest BCUT2D eigenvalue weighted by Gasteiger charge is 2.22. The van der Waals surface area contributed by atoms with Gasteiger partial charge in [-0.25, -0.2) is 9.67 Å². The highest BCUT2D eigenvalue weighted by molar-refractivity contribution is 5.94. The van der Waals surface area contributed by atoms with Crippen LogP contribution < -0.4 is 16.0 Å². The Bertz CT molecular complexity index is 835. The van der Waals surface area contributed by atoms with Gasteiger partial charge in [-0.2, -0.15) is 5.10 Å². The number of carbonyl (C=O) groups is 1. The minimum absolute atomic E-state index is 0.0525. The number of rotatable bonds is 9. The first-order valence-corrected chi connectivity index (χ1v) is 10.5. The number of guanidine groups is 1. The second-order valence-electron chi connectivity index (χ2n) is 7.18. The van der Waals surface area contributed by atoms with Crippen LogP contribution in [0, 0.1) is 0 Å². The lowest BCUT2D eigenvalue weighted by atomic mass is 10.1. The quantitative estimate of drug-likeness (QED) is 0.323. The number of hydrogen-bond donors (Lipinski definition) is 3. The van der Waals surface area contributed by atoms with Crippen molar-refractivity contribution in [3.63, 3.8) is 0 Å². The lowest BCUT2D eigenvalue weighted by molar-refractivity contribution is 0.0953. The van der Waals surface area contributed by atoms with E-state index < -0.39 is 0 Å². The van der Waals surface area contributed by atoms with E-state index in [1.807, 2.05) is 41.9 Å². The average Bonchev–Trinajstić information content (AvgIpc) is 3.16. The van der Waals surface area contributed by atoms with Gasteiger partial charge >= 0.3 is 0 Å². The van der Waals surface area contributed by atoms with Crippen LogP contribution in [-0.2, 0) is 24.3 Å². The summed E-state index contributed by atoms with van der Waals surface area (Å²) in [5.41, 5.74) is 0.675. The van der Waals surface area contributed by atoms with Gasteiger partial charge in [0.25, 0.3) is 5.91 Å². The molecule has 0 saturated carbocycles. The Morgan fingerprint density at radius 3 is 2.90 bits per heavy atom. The van der Waals surface area contributed by atoms with Gasteiger partial charge in [-0.1, -0.05) is 18.2 Å². The number of methoxy groups -OCH3 is 1. The molecule has 1 aromatic carbocycles. The van der Waals surface area contributed by atoms with Gasteiger partial charge in [0.05, 0.1) is 6.54 Å². The summed E-state index contributed by atoms with van der Waals surface area (Å²) < 4.78 is 7.08. The van der Waals surface area contributed by atoms with Crippen LogP contribution in [0.1, 0.15) is 41.8 Å². The number of fused-ring (bicyclic) bond motifs is 1. The molecule has 2 aromatic rings. The van der Waals surface area contributed by atoms with Crippen molar-refractivity contribution in [3.8, 4) is 0 Å². The molecular weight excluding hydrogens is 382 g/mol. The van der Waals surface area contributed by atoms with Gasteiger partial charge in [0.2, 0.25) is 0 Å². The monoisotopic (exact) mass is 413 g/mol. The van der Waals surface area contributed by atoms with Crippen molar-refractivity contribution >= 4 is 11.9 Å². The molecule has 0 aliphatic carbocycles. The summed E-state index contributed by atoms with van der Waals surface area (Å²) in [5.74, 6) is 2.48. The van der Waals surface area contributed by atoms with E-state index in [1.165, 1.54) is 0 Å². The summed E-state index contributed by atoms with van der Waals surface area (Å²) in [5, 5.41) is 14.2. The fraction of sp³-hybridized carbons (Fsp3) is 0.524. The second-order valence-corrected chi connectivity index (χ2v) is 7.18. The van der Waals surface area contributed by atoms with Gasteiger partial charge in [0.1, 0.15) is 12.4 Å². The molecule has 30 heavy (non-hydrogen) atoms. The van der Waals surface area contributed by atoms with E-state index in [2.05, 4.69) is 31.0 Å². The summed E-state index contributed by atoms with van der Waals surface area (Å²) in [7, 11) is 1.65. The van der Waals surface area contributed by atoms with Crippen LogP contribution in [0.5, 0.6) is 0 Å². The van der Waals surface area contributed by atoms with Gasteiger partial charge in [-0.3, -0.25) is 9.79 Å². The van der Waals surface area contributed by atoms with E-state index in [9.17, 15) is 4.79 Å². The Kier molecular flexibility index (Phi) is 8.20. The first-order valence-electron chi connectivity index (χ1n) is 10.5. The zero-order valence-corrected chi connectivity index (χ0v) is 17.7. The summed E-state index contributed by atoms with van der Waals surface area (Å²) in [4.78, 5) is 21.2. The second kappa shape index (κ2) is 11.3. The Morgan fingerprint density at radius 1 is 1.30 bits per heavy atom. The average molecular weight is 414 g/mol. The van der Waals surface area contributed by atoms with E-state index in [4.69, 9.17) is 4.74 Å². The molecule has 0 fully saturated rings. The largest absolute Gasteiger partial charge is 0.377 e. The fourth-order valence-electron chi connectivity index (χ4n) is 3.35. The molecule has 3 rings (SSSR count). The number of carbonyl (C=O) groups excluding carboxylic acids is 1. The van der Waals surface area contributed by atoms with Crippen molar-refractivity contribution in [1.82, 2.24) is 30.7 Å². The van der Waals surface area contributed by atoms with E-state index in [1.54, 1.807) is 7.11 Å². The molecule has 2 heterocycles. The van der Waals surface area contributed by atoms with Crippen molar-refractivity contribution in [1.29, 1.82) is 0 Å². The minimum Gasteiger partial charge on any atom is -0.377 e. The number of aryl methyl sites for hydroxylation is 1. The predicted molar refractivity (Wildman–Crippen MR) is 115 cm³/mol. The Labute approximate surface area is 177 Å². The smallest absolute Gasteiger partial charge is 0.251 e. The van der Waals surface area contributed by atoms with Crippen LogP contribution >= 0.6 is 0 Å². The Morgan fingerprint density at radius 2 is 2.13 bits per heavy atom. The zero-order valence-electron chi connectivity index (χ0n) is 17.7. The van der Waals surface area contributed by atoms with Gasteiger partial charge in [0.15, 0.2) is 11.8 Å². The van der Waals surface area contributed by atoms with E-state index in [0.29, 0.717) is 25.3 Å². The lowest BCUT2D eigenvalue weighted by Crippen LogP contribution is -2.47. The molecular formula is C21H31N7O2. The molecule has 1 amide bonds. The molecule has 0 spiro atoms. The third-order valence-corrected chi connectivity index (χ3v) is 4.79. The standard InChI is InChI=1S/C21H31N7O2/c1-3-22-21(24-13-7-12-23-20(29)16-8-5-4-6-9-16)25-17-10-11-19-26-18(15-30-2)27-28(19)14-17/h4-6,8-9,17H,3,7,10-15H2,1-2H3,(H,23,29)(H2,22,24,25). The van der Waals surface area contributed by atoms with Crippen molar-refractivity contribution < 1.29 is 9.53 Å². The van der Waals surface area contributed by atoms with Crippen LogP contribution in [-0.4, -0.2) is 59.4 Å². The molecule has 162 valence electrons. The van der Waals surface area contributed by atoms with Gasteiger partial charge in [-0.15, -0.1) is 0 Å². The molecule has 1 atom stereocenters. The molecule has 1 aliphatic heterocycles. The maximum Gasteiger partial charge on any atom is 0.251 e. The summed E-state index contributed by atoms with van der Waals surface area (Å²) in [6, 6.07) is 9.48. The molecule has 1 aliphatic rings. The normalized spacial score (nSPS) is 16.1. The van der Waals surface area contributed by atoms with Crippen LogP contribution in [0.2, 0.25) is 0 Å². The third kappa shape index (κ3) is 6.28. The topological polar surface area (TPSA) is 105 Å². The molecule has 0 saturated heterocycles. The van der Waals surface area contributed by atoms with E-state index >= 15 is 0 Å². The van der Waals surface area contributed by atoms with Gasteiger partial charge < -0.3 is 20.7 Å². The highest BCUT2D eigenvalue weighted by Crippen LogP contribution is 2.13. The number of aliphatic imine (C=N–C) groups is 1. The first kappa shape index (κ1) is 21.8. The Hall–Kier alpha value is -2.94. The molecule has 9 heteroatoms. The SMILES string of the molecule is CCNC(=NCCCNC(=O)c1ccccc1)NC1CCc2nc(COC)nn2C1. The summed E-state index contributed by atoms with van der Waals surface area (Å²) >= 11 is 0. The number of benzene rings is 1. The number of nitrogens with zero attached hydrogens (tertiary/aromatic N) is 4. The van der Waals surface area contributed by atoms with Crippen LogP contribution in [0.25, 0.3) is 0 Å². The van der Waals surface area contributed by atoms with Crippen molar-refractivity contribution in [2.45, 2.75) is 45.4 Å². The minimum atomic E-state index is -0.0525. The van der Waals surface area contributed by atoms with Crippen LogP contribution in [0.15, 0.2) is 35.3 Å². The van der Waals surface area contributed by atoms with Crippen LogP contribution in [0.3, 0.4) is 0 Å². The Balaban J connectivity index is 1.44. The predicted octanol–water partition coefficient (Wildman–Crippen LogP) is 1.11. The first-order chi connectivity index (χ1) is 14.7. The van der Waals surface area contributed by atoms with Crippen LogP contribution in [0.4, 0.5) is 0 Å². The van der Waals surface area contributed by atoms with Gasteiger partial charge in [0, 0.05) is 44.8 Å². The maximum atomic E-state index is 12.1. The molecule has 0 bridgehead atoms. The number of ether oxygens (including phenoxy) is 1. The van der Waals surface area contributed by atoms with E-state index in [0.717, 1.165) is 50.0 Å². The fourth-order valence-corrected chi connectivity index (χ4v) is 3.35. The summed E-state index contributed by atoms with van der Waals surface area (Å²) in [6.07, 6.45) is 2.62. The number of amides is 1. The zero-order chi connectivity index (χ0) is 21.2. The number of hydrogen-bond acceptors (Lipinski definition) is 5.